The molecule has 10 heteroatoms. The molecule has 0 saturated carbocycles. The minimum absolute atomic E-state index is 0.00862. The molecule has 0 aliphatic carbocycles. The quantitative estimate of drug-likeness (QED) is 0.156. The van der Waals surface area contributed by atoms with E-state index in [1.165, 1.54) is 49.6 Å². The van der Waals surface area contributed by atoms with E-state index in [1.807, 2.05) is 0 Å². The van der Waals surface area contributed by atoms with Gasteiger partial charge in [0.2, 0.25) is 11.2 Å². The van der Waals surface area contributed by atoms with Crippen LogP contribution >= 0.6 is 0 Å². The number of ether oxygens (including phenoxy) is 3. The van der Waals surface area contributed by atoms with Crippen molar-refractivity contribution in [3.8, 4) is 22.6 Å². The van der Waals surface area contributed by atoms with E-state index in [9.17, 15) is 24.5 Å². The van der Waals surface area contributed by atoms with Gasteiger partial charge in [-0.25, -0.2) is 9.59 Å². The van der Waals surface area contributed by atoms with E-state index in [-0.39, 0.29) is 45.9 Å². The minimum Gasteiger partial charge on any atom is -0.497 e. The fourth-order valence-electron chi connectivity index (χ4n) is 3.48. The Morgan fingerprint density at radius 3 is 2.22 bits per heavy atom. The van der Waals surface area contributed by atoms with Crippen LogP contribution in [0.25, 0.3) is 22.1 Å². The van der Waals surface area contributed by atoms with Crippen molar-refractivity contribution in [2.24, 2.45) is 0 Å². The number of hydrogen-bond donors (Lipinski definition) is 0. The van der Waals surface area contributed by atoms with Crippen molar-refractivity contribution in [2.45, 2.75) is 6.92 Å². The number of esters is 2. The van der Waals surface area contributed by atoms with Crippen LogP contribution in [0.3, 0.4) is 0 Å². The Bertz CT molecular complexity index is 1520. The number of fused-ring (bicyclic) bond motifs is 1. The molecule has 0 aliphatic heterocycles. The van der Waals surface area contributed by atoms with E-state index in [0.29, 0.717) is 11.3 Å². The predicted octanol–water partition coefficient (Wildman–Crippen LogP) is 4.77. The number of rotatable bonds is 7. The van der Waals surface area contributed by atoms with Gasteiger partial charge >= 0.3 is 11.9 Å². The molecule has 0 fully saturated rings. The maximum atomic E-state index is 13.4. The summed E-state index contributed by atoms with van der Waals surface area (Å²) >= 11 is 0. The molecule has 0 bridgehead atoms. The Morgan fingerprint density at radius 1 is 0.944 bits per heavy atom. The summed E-state index contributed by atoms with van der Waals surface area (Å²) in [5.74, 6) is -1.27. The van der Waals surface area contributed by atoms with Crippen LogP contribution in [0.4, 0.5) is 5.69 Å². The molecule has 0 unspecified atom stereocenters. The molecule has 10 nitrogen and oxygen atoms in total. The third-order valence-corrected chi connectivity index (χ3v) is 5.23. The molecule has 0 aliphatic rings. The number of non-ortho nitro benzene ring substituents is 1. The number of hydrogen-bond acceptors (Lipinski definition) is 9. The smallest absolute Gasteiger partial charge is 0.375 e. The summed E-state index contributed by atoms with van der Waals surface area (Å²) in [5.41, 5.74) is -0.0863. The second-order valence-electron chi connectivity index (χ2n) is 7.44. The molecule has 0 radical (unpaired) electrons. The first-order valence-corrected chi connectivity index (χ1v) is 10.7. The topological polar surface area (TPSA) is 135 Å². The number of methoxy groups -OCH3 is 1. The van der Waals surface area contributed by atoms with Crippen molar-refractivity contribution in [2.75, 3.05) is 13.7 Å². The Labute approximate surface area is 203 Å². The van der Waals surface area contributed by atoms with Crippen LogP contribution in [0, 0.1) is 10.1 Å². The predicted molar refractivity (Wildman–Crippen MR) is 128 cm³/mol. The molecule has 0 spiro atoms. The molecule has 182 valence electrons. The fourth-order valence-corrected chi connectivity index (χ4v) is 3.48. The highest BCUT2D eigenvalue weighted by Crippen LogP contribution is 2.29. The minimum atomic E-state index is -0.824. The van der Waals surface area contributed by atoms with Crippen LogP contribution in [-0.2, 0) is 4.74 Å². The lowest BCUT2D eigenvalue weighted by molar-refractivity contribution is -0.384. The van der Waals surface area contributed by atoms with Gasteiger partial charge in [-0.15, -0.1) is 0 Å². The van der Waals surface area contributed by atoms with Gasteiger partial charge in [-0.3, -0.25) is 14.9 Å². The molecule has 0 amide bonds. The van der Waals surface area contributed by atoms with Crippen molar-refractivity contribution < 1.29 is 33.1 Å². The van der Waals surface area contributed by atoms with Crippen molar-refractivity contribution in [3.63, 3.8) is 0 Å². The third-order valence-electron chi connectivity index (χ3n) is 5.23. The molecular weight excluding hydrogens is 470 g/mol. The highest BCUT2D eigenvalue weighted by Gasteiger charge is 2.24. The van der Waals surface area contributed by atoms with Gasteiger partial charge in [-0.2, -0.15) is 0 Å². The molecular formula is C26H19NO9. The van der Waals surface area contributed by atoms with Crippen molar-refractivity contribution in [3.05, 3.63) is 98.4 Å². The highest BCUT2D eigenvalue weighted by molar-refractivity contribution is 5.98. The van der Waals surface area contributed by atoms with E-state index >= 15 is 0 Å². The van der Waals surface area contributed by atoms with Crippen molar-refractivity contribution >= 4 is 28.6 Å². The molecule has 4 rings (SSSR count). The number of carbonyl (C=O) groups is 2. The van der Waals surface area contributed by atoms with Crippen LogP contribution in [0.5, 0.6) is 11.5 Å². The zero-order chi connectivity index (χ0) is 25.8. The average Bonchev–Trinajstić information content (AvgIpc) is 2.88. The van der Waals surface area contributed by atoms with E-state index in [4.69, 9.17) is 18.6 Å². The Morgan fingerprint density at radius 2 is 1.61 bits per heavy atom. The zero-order valence-corrected chi connectivity index (χ0v) is 19.2. The monoisotopic (exact) mass is 489 g/mol. The standard InChI is InChI=1S/C26H19NO9/c1-3-34-26(30)24-22(15-6-10-18(33-2)11-7-15)23(28)20-13-12-19(14-21(20)36-24)35-25(29)16-4-8-17(9-5-16)27(31)32/h4-14H,3H2,1-2H3. The Kier molecular flexibility index (Phi) is 6.77. The number of carbonyl (C=O) groups excluding carboxylic acids is 2. The summed E-state index contributed by atoms with van der Waals surface area (Å²) in [7, 11) is 1.51. The van der Waals surface area contributed by atoms with Crippen molar-refractivity contribution in [1.82, 2.24) is 0 Å². The fraction of sp³-hybridized carbons (Fsp3) is 0.115. The molecule has 1 aromatic heterocycles. The SMILES string of the molecule is CCOC(=O)c1oc2cc(OC(=O)c3ccc([N+](=O)[O-])cc3)ccc2c(=O)c1-c1ccc(OC)cc1. The number of nitro benzene ring substituents is 1. The number of nitro groups is 1. The first-order valence-electron chi connectivity index (χ1n) is 10.7. The summed E-state index contributed by atoms with van der Waals surface area (Å²) in [6.45, 7) is 1.69. The maximum absolute atomic E-state index is 13.4. The molecule has 3 aromatic carbocycles. The van der Waals surface area contributed by atoms with E-state index in [2.05, 4.69) is 0 Å². The second-order valence-corrected chi connectivity index (χ2v) is 7.44. The summed E-state index contributed by atoms with van der Waals surface area (Å²) in [5, 5.41) is 11.0. The summed E-state index contributed by atoms with van der Waals surface area (Å²) in [4.78, 5) is 48.8. The molecule has 1 heterocycles. The largest absolute Gasteiger partial charge is 0.497 e. The second kappa shape index (κ2) is 10.1. The zero-order valence-electron chi connectivity index (χ0n) is 19.2. The van der Waals surface area contributed by atoms with Gasteiger partial charge in [-0.1, -0.05) is 12.1 Å². The van der Waals surface area contributed by atoms with Gasteiger partial charge < -0.3 is 18.6 Å². The normalized spacial score (nSPS) is 10.6. The first-order chi connectivity index (χ1) is 17.3. The summed E-state index contributed by atoms with van der Waals surface area (Å²) in [6.07, 6.45) is 0. The van der Waals surface area contributed by atoms with Crippen LogP contribution in [0.2, 0.25) is 0 Å². The Hall–Kier alpha value is -4.99. The van der Waals surface area contributed by atoms with E-state index < -0.39 is 22.3 Å². The van der Waals surface area contributed by atoms with Gasteiger partial charge in [-0.05, 0) is 48.9 Å². The van der Waals surface area contributed by atoms with E-state index in [0.717, 1.165) is 0 Å². The van der Waals surface area contributed by atoms with Gasteiger partial charge in [0, 0.05) is 18.2 Å². The molecule has 0 N–H and O–H groups in total. The van der Waals surface area contributed by atoms with Crippen LogP contribution in [0.1, 0.15) is 27.8 Å². The van der Waals surface area contributed by atoms with Gasteiger partial charge in [0.05, 0.1) is 35.2 Å². The Balaban J connectivity index is 1.75. The number of nitrogens with zero attached hydrogens (tertiary/aromatic N) is 1. The van der Waals surface area contributed by atoms with Crippen LogP contribution in [-0.4, -0.2) is 30.6 Å². The molecule has 36 heavy (non-hydrogen) atoms. The third kappa shape index (κ3) is 4.78. The van der Waals surface area contributed by atoms with Gasteiger partial charge in [0.1, 0.15) is 17.1 Å². The number of benzene rings is 3. The summed E-state index contributed by atoms with van der Waals surface area (Å²) in [6, 6.07) is 15.6. The van der Waals surface area contributed by atoms with E-state index in [1.54, 1.807) is 31.2 Å². The van der Waals surface area contributed by atoms with Gasteiger partial charge in [0.15, 0.2) is 0 Å². The van der Waals surface area contributed by atoms with Crippen LogP contribution in [0.15, 0.2) is 75.9 Å². The van der Waals surface area contributed by atoms with Gasteiger partial charge in [0.25, 0.3) is 5.69 Å². The lowest BCUT2D eigenvalue weighted by atomic mass is 10.0. The lowest BCUT2D eigenvalue weighted by Gasteiger charge is -2.11. The molecule has 0 atom stereocenters. The molecule has 4 aromatic rings. The van der Waals surface area contributed by atoms with Crippen molar-refractivity contribution in [1.29, 1.82) is 0 Å². The lowest BCUT2D eigenvalue weighted by Crippen LogP contribution is -2.15. The molecule has 0 saturated heterocycles. The average molecular weight is 489 g/mol. The highest BCUT2D eigenvalue weighted by atomic mass is 16.6. The van der Waals surface area contributed by atoms with Crippen LogP contribution < -0.4 is 14.9 Å². The maximum Gasteiger partial charge on any atom is 0.375 e. The summed E-state index contributed by atoms with van der Waals surface area (Å²) < 4.78 is 21.4. The first kappa shape index (κ1) is 24.1.